The monoisotopic (exact) mass is 572 g/mol. The van der Waals surface area contributed by atoms with Gasteiger partial charge in [0.05, 0.1) is 25.0 Å². The molecule has 3 fully saturated rings. The van der Waals surface area contributed by atoms with Crippen LogP contribution in [0, 0.1) is 0 Å². The lowest BCUT2D eigenvalue weighted by Gasteiger charge is -2.16. The van der Waals surface area contributed by atoms with Gasteiger partial charge in [0, 0.05) is 17.4 Å². The van der Waals surface area contributed by atoms with Crippen molar-refractivity contribution in [3.8, 4) is 0 Å². The number of hydrogen-bond donors (Lipinski definition) is 6. The quantitative estimate of drug-likeness (QED) is 0.135. The number of aliphatic hydroxyl groups excluding tert-OH is 2. The van der Waals surface area contributed by atoms with Crippen LogP contribution in [-0.2, 0) is 24.0 Å². The van der Waals surface area contributed by atoms with Gasteiger partial charge in [-0.1, -0.05) is 6.42 Å². The largest absolute Gasteiger partial charge is 0.387 e. The number of hydrogen-bond acceptors (Lipinski definition) is 13. The molecule has 0 spiro atoms. The summed E-state index contributed by atoms with van der Waals surface area (Å²) in [6, 6.07) is 0.0274. The van der Waals surface area contributed by atoms with E-state index in [1.54, 1.807) is 11.8 Å². The molecule has 0 bridgehead atoms. The number of nitrogens with one attached hydrogen (secondary N) is 3. The van der Waals surface area contributed by atoms with E-state index in [0.29, 0.717) is 12.8 Å². The van der Waals surface area contributed by atoms with Gasteiger partial charge in [0.2, 0.25) is 5.91 Å². The molecule has 0 aromatic carbocycles. The minimum absolute atomic E-state index is 0.0271. The molecule has 7 N–H and O–H groups in total. The predicted molar refractivity (Wildman–Crippen MR) is 133 cm³/mol. The SMILES string of the molecule is Nc1ncnc2c1ncn2[C@@H]1O[C@H](COS(=O)(=O)NC(=O)CCCC[C@@H]2SCC3NC(=O)NC32)[C@@H](O)[C@H]1O. The highest BCUT2D eigenvalue weighted by Crippen LogP contribution is 2.34. The van der Waals surface area contributed by atoms with E-state index >= 15 is 0 Å². The maximum Gasteiger partial charge on any atom is 0.362 e. The second-order valence-electron chi connectivity index (χ2n) is 9.26. The number of urea groups is 1. The second kappa shape index (κ2) is 10.8. The molecule has 38 heavy (non-hydrogen) atoms. The molecule has 5 heterocycles. The van der Waals surface area contributed by atoms with E-state index in [0.717, 1.165) is 12.2 Å². The first-order chi connectivity index (χ1) is 18.1. The standard InChI is InChI=1S/C20H28N8O8S2/c21-17-14-18(23-7-22-17)28(8-24-14)19-16(31)15(30)10(36-19)5-35-38(33,34)27-12(29)4-2-1-3-11-13-9(6-37-11)25-20(32)26-13/h7-11,13,15-16,19,30-31H,1-6H2,(H,27,29)(H2,21,22,23)(H2,25,26,32)/t9?,10-,11+,13?,15-,16-,19-/m1/s1. The fraction of sp³-hybridized carbons (Fsp3) is 0.650. The number of anilines is 1. The number of imidazole rings is 1. The molecule has 2 aromatic heterocycles. The number of thioether (sulfide) groups is 1. The number of ether oxygens (including phenoxy) is 1. The van der Waals surface area contributed by atoms with E-state index in [2.05, 4.69) is 25.6 Å². The Morgan fingerprint density at radius 1 is 1.26 bits per heavy atom. The van der Waals surface area contributed by atoms with Crippen molar-refractivity contribution in [3.63, 3.8) is 0 Å². The number of aromatic nitrogens is 4. The molecule has 208 valence electrons. The Morgan fingerprint density at radius 2 is 2.08 bits per heavy atom. The molecule has 16 nitrogen and oxygen atoms in total. The molecule has 0 radical (unpaired) electrons. The molecule has 7 atom stereocenters. The summed E-state index contributed by atoms with van der Waals surface area (Å²) in [5.74, 6) is 0.225. The van der Waals surface area contributed by atoms with Gasteiger partial charge >= 0.3 is 16.3 Å². The zero-order valence-electron chi connectivity index (χ0n) is 20.0. The fourth-order valence-electron chi connectivity index (χ4n) is 4.80. The molecule has 3 amide bonds. The van der Waals surface area contributed by atoms with Crippen LogP contribution in [-0.4, -0.2) is 98.1 Å². The van der Waals surface area contributed by atoms with Crippen LogP contribution in [0.2, 0.25) is 0 Å². The van der Waals surface area contributed by atoms with Crippen LogP contribution in [0.25, 0.3) is 11.2 Å². The van der Waals surface area contributed by atoms with E-state index in [1.165, 1.54) is 17.2 Å². The normalized spacial score (nSPS) is 30.8. The number of nitrogen functional groups attached to an aromatic ring is 1. The van der Waals surface area contributed by atoms with E-state index in [1.807, 2.05) is 4.72 Å². The first-order valence-electron chi connectivity index (χ1n) is 12.0. The first kappa shape index (κ1) is 26.8. The van der Waals surface area contributed by atoms with Crippen molar-refractivity contribution in [3.05, 3.63) is 12.7 Å². The number of amides is 3. The Balaban J connectivity index is 1.07. The summed E-state index contributed by atoms with van der Waals surface area (Å²) in [5, 5.41) is 26.9. The number of aliphatic hydroxyl groups is 2. The summed E-state index contributed by atoms with van der Waals surface area (Å²) in [7, 11) is -4.48. The van der Waals surface area contributed by atoms with Gasteiger partial charge in [-0.3, -0.25) is 13.5 Å². The Labute approximate surface area is 221 Å². The lowest BCUT2D eigenvalue weighted by atomic mass is 10.0. The van der Waals surface area contributed by atoms with Gasteiger partial charge < -0.3 is 31.3 Å². The topological polar surface area (TPSA) is 233 Å². The van der Waals surface area contributed by atoms with Crippen molar-refractivity contribution in [2.45, 2.75) is 67.6 Å². The van der Waals surface area contributed by atoms with Gasteiger partial charge in [-0.15, -0.1) is 0 Å². The average molecular weight is 573 g/mol. The predicted octanol–water partition coefficient (Wildman–Crippen LogP) is -1.87. The molecule has 5 rings (SSSR count). The number of nitrogens with two attached hydrogens (primary N) is 1. The second-order valence-corrected chi connectivity index (χ2v) is 11.9. The number of carbonyl (C=O) groups excluding carboxylic acids is 2. The van der Waals surface area contributed by atoms with Crippen LogP contribution in [0.4, 0.5) is 10.6 Å². The summed E-state index contributed by atoms with van der Waals surface area (Å²) in [4.78, 5) is 35.6. The summed E-state index contributed by atoms with van der Waals surface area (Å²) in [6.45, 7) is -0.650. The smallest absolute Gasteiger partial charge is 0.362 e. The first-order valence-corrected chi connectivity index (χ1v) is 14.4. The van der Waals surface area contributed by atoms with Crippen LogP contribution in [0.1, 0.15) is 31.9 Å². The van der Waals surface area contributed by atoms with E-state index in [-0.39, 0.29) is 46.8 Å². The lowest BCUT2D eigenvalue weighted by Crippen LogP contribution is -2.38. The third kappa shape index (κ3) is 5.50. The Bertz CT molecular complexity index is 1310. The van der Waals surface area contributed by atoms with Gasteiger partial charge in [0.1, 0.15) is 30.2 Å². The summed E-state index contributed by atoms with van der Waals surface area (Å²) >= 11 is 1.76. The highest BCUT2D eigenvalue weighted by Gasteiger charge is 2.45. The summed E-state index contributed by atoms with van der Waals surface area (Å²) < 4.78 is 38.2. The van der Waals surface area contributed by atoms with Gasteiger partial charge in [-0.05, 0) is 12.8 Å². The van der Waals surface area contributed by atoms with Crippen molar-refractivity contribution in [1.82, 2.24) is 34.9 Å². The molecule has 0 saturated carbocycles. The number of nitrogens with zero attached hydrogens (tertiary/aromatic N) is 4. The highest BCUT2D eigenvalue weighted by molar-refractivity contribution is 8.00. The lowest BCUT2D eigenvalue weighted by molar-refractivity contribution is -0.119. The summed E-state index contributed by atoms with van der Waals surface area (Å²) in [5.41, 5.74) is 6.29. The van der Waals surface area contributed by atoms with Crippen molar-refractivity contribution < 1.29 is 37.1 Å². The maximum atomic E-state index is 12.3. The fourth-order valence-corrected chi connectivity index (χ4v) is 7.10. The molecule has 2 aromatic rings. The zero-order valence-corrected chi connectivity index (χ0v) is 21.6. The van der Waals surface area contributed by atoms with Gasteiger partial charge in [-0.25, -0.2) is 24.5 Å². The van der Waals surface area contributed by atoms with Gasteiger partial charge in [0.15, 0.2) is 17.7 Å². The van der Waals surface area contributed by atoms with Gasteiger partial charge in [0.25, 0.3) is 0 Å². The van der Waals surface area contributed by atoms with Crippen LogP contribution >= 0.6 is 11.8 Å². The highest BCUT2D eigenvalue weighted by atomic mass is 32.2. The van der Waals surface area contributed by atoms with Gasteiger partial charge in [-0.2, -0.15) is 20.2 Å². The molecule has 0 aliphatic carbocycles. The third-order valence-corrected chi connectivity index (χ3v) is 9.14. The van der Waals surface area contributed by atoms with Crippen molar-refractivity contribution in [1.29, 1.82) is 0 Å². The molecule has 3 aliphatic rings. The third-order valence-electron chi connectivity index (χ3n) is 6.71. The molecule has 3 aliphatic heterocycles. The van der Waals surface area contributed by atoms with E-state index in [4.69, 9.17) is 14.7 Å². The van der Waals surface area contributed by atoms with Crippen LogP contribution in [0.3, 0.4) is 0 Å². The summed E-state index contributed by atoms with van der Waals surface area (Å²) in [6.07, 6.45) is -0.884. The Kier molecular flexibility index (Phi) is 7.60. The molecular weight excluding hydrogens is 544 g/mol. The molecule has 3 saturated heterocycles. The van der Waals surface area contributed by atoms with Crippen LogP contribution in [0.15, 0.2) is 12.7 Å². The van der Waals surface area contributed by atoms with Crippen LogP contribution in [0.5, 0.6) is 0 Å². The minimum atomic E-state index is -4.48. The number of unbranched alkanes of at least 4 members (excludes halogenated alkanes) is 1. The number of rotatable bonds is 10. The maximum absolute atomic E-state index is 12.3. The zero-order chi connectivity index (χ0) is 27.0. The molecule has 18 heteroatoms. The molecular formula is C20H28N8O8S2. The van der Waals surface area contributed by atoms with Crippen molar-refractivity contribution in [2.24, 2.45) is 0 Å². The number of fused-ring (bicyclic) bond motifs is 2. The minimum Gasteiger partial charge on any atom is -0.387 e. The van der Waals surface area contributed by atoms with Crippen molar-refractivity contribution in [2.75, 3.05) is 18.1 Å². The molecule has 2 unspecified atom stereocenters. The Morgan fingerprint density at radius 3 is 2.89 bits per heavy atom. The average Bonchev–Trinajstić information content (AvgIpc) is 3.61. The van der Waals surface area contributed by atoms with Crippen molar-refractivity contribution >= 4 is 51.0 Å². The van der Waals surface area contributed by atoms with Crippen LogP contribution < -0.4 is 21.1 Å². The Hall–Kier alpha value is -2.77. The van der Waals surface area contributed by atoms with E-state index in [9.17, 15) is 28.2 Å². The number of carbonyl (C=O) groups is 2. The van der Waals surface area contributed by atoms with E-state index < -0.39 is 47.4 Å².